The number of hydrogen-bond donors (Lipinski definition) is 0. The monoisotopic (exact) mass is 495 g/mol. The van der Waals surface area contributed by atoms with Gasteiger partial charge < -0.3 is 4.74 Å². The van der Waals surface area contributed by atoms with Crippen LogP contribution in [0.4, 0.5) is 0 Å². The molecule has 5 heteroatoms. The minimum absolute atomic E-state index is 0.365. The van der Waals surface area contributed by atoms with Crippen LogP contribution in [-0.4, -0.2) is 54.1 Å². The van der Waals surface area contributed by atoms with Gasteiger partial charge in [-0.05, 0) is 54.2 Å². The Kier molecular flexibility index (Phi) is 6.86. The molecule has 1 saturated heterocycles. The first-order chi connectivity index (χ1) is 17.8. The van der Waals surface area contributed by atoms with E-state index < -0.39 is 0 Å². The van der Waals surface area contributed by atoms with E-state index in [4.69, 9.17) is 4.74 Å². The molecule has 1 aromatic heterocycles. The van der Waals surface area contributed by atoms with Gasteiger partial charge in [-0.2, -0.15) is 0 Å². The highest BCUT2D eigenvalue weighted by Gasteiger charge is 2.30. The van der Waals surface area contributed by atoms with Gasteiger partial charge in [0.2, 0.25) is 0 Å². The number of ether oxygens (including phenoxy) is 1. The van der Waals surface area contributed by atoms with Crippen molar-refractivity contribution in [2.24, 2.45) is 0 Å². The topological polar surface area (TPSA) is 28.6 Å². The Bertz CT molecular complexity index is 1320. The van der Waals surface area contributed by atoms with Gasteiger partial charge in [-0.15, -0.1) is 11.3 Å². The molecule has 1 fully saturated rings. The third kappa shape index (κ3) is 4.83. The van der Waals surface area contributed by atoms with E-state index in [1.807, 2.05) is 25.1 Å². The lowest BCUT2D eigenvalue weighted by Gasteiger charge is -2.40. The Morgan fingerprint density at radius 1 is 0.861 bits per heavy atom. The lowest BCUT2D eigenvalue weighted by Crippen LogP contribution is -2.47. The number of fused-ring (bicyclic) bond motifs is 3. The molecule has 6 rings (SSSR count). The molecule has 3 aromatic carbocycles. The maximum absolute atomic E-state index is 6.05. The van der Waals surface area contributed by atoms with Crippen molar-refractivity contribution in [3.05, 3.63) is 106 Å². The van der Waals surface area contributed by atoms with Gasteiger partial charge in [0.1, 0.15) is 12.4 Å². The van der Waals surface area contributed by atoms with E-state index in [0.29, 0.717) is 12.6 Å². The molecule has 0 bridgehead atoms. The molecule has 0 atom stereocenters. The predicted molar refractivity (Wildman–Crippen MR) is 149 cm³/mol. The highest BCUT2D eigenvalue weighted by atomic mass is 32.1. The molecule has 184 valence electrons. The van der Waals surface area contributed by atoms with Crippen molar-refractivity contribution in [1.82, 2.24) is 14.8 Å². The Hall–Kier alpha value is -2.99. The normalized spacial score (nSPS) is 17.2. The summed E-state index contributed by atoms with van der Waals surface area (Å²) in [5, 5.41) is 1.08. The Morgan fingerprint density at radius 2 is 1.56 bits per heavy atom. The van der Waals surface area contributed by atoms with Crippen molar-refractivity contribution in [2.45, 2.75) is 25.8 Å². The number of benzene rings is 3. The minimum Gasteiger partial charge on any atom is -0.488 e. The molecule has 4 nitrogen and oxygen atoms in total. The van der Waals surface area contributed by atoms with Crippen LogP contribution in [0.5, 0.6) is 5.75 Å². The number of rotatable bonds is 6. The van der Waals surface area contributed by atoms with E-state index in [9.17, 15) is 0 Å². The molecule has 2 aliphatic rings. The van der Waals surface area contributed by atoms with Crippen molar-refractivity contribution in [3.8, 4) is 5.75 Å². The van der Waals surface area contributed by atoms with Crippen molar-refractivity contribution in [1.29, 1.82) is 0 Å². The van der Waals surface area contributed by atoms with Crippen molar-refractivity contribution >= 4 is 21.6 Å². The zero-order valence-corrected chi connectivity index (χ0v) is 21.7. The fraction of sp³-hybridized carbons (Fsp3) is 0.323. The van der Waals surface area contributed by atoms with E-state index in [0.717, 1.165) is 66.5 Å². The average Bonchev–Trinajstić information content (AvgIpc) is 3.22. The third-order valence-corrected chi connectivity index (χ3v) is 8.49. The van der Waals surface area contributed by atoms with Gasteiger partial charge in [0.15, 0.2) is 0 Å². The molecule has 1 aliphatic heterocycles. The van der Waals surface area contributed by atoms with E-state index in [-0.39, 0.29) is 0 Å². The number of hydrogen-bond acceptors (Lipinski definition) is 5. The number of nitrogens with zero attached hydrogens (tertiary/aromatic N) is 3. The molecule has 2 heterocycles. The molecule has 1 aliphatic carbocycles. The second kappa shape index (κ2) is 10.6. The largest absolute Gasteiger partial charge is 0.488 e. The number of aromatic nitrogens is 1. The third-order valence-electron chi connectivity index (χ3n) is 7.49. The summed E-state index contributed by atoms with van der Waals surface area (Å²) in [6, 6.07) is 24.6. The van der Waals surface area contributed by atoms with Gasteiger partial charge in [0.05, 0.1) is 21.3 Å². The molecular formula is C31H33N3OS. The van der Waals surface area contributed by atoms with Crippen LogP contribution in [0, 0.1) is 6.92 Å². The maximum atomic E-state index is 6.05. The van der Waals surface area contributed by atoms with Crippen LogP contribution in [0.3, 0.4) is 0 Å². The SMILES string of the molecule is Cc1nc2cccc(OC/C=C\CN3CCN(C4c5ccccc5CCc5ccccc54)CC3)c2s1. The number of piperazine rings is 1. The minimum atomic E-state index is 0.365. The van der Waals surface area contributed by atoms with Crippen LogP contribution in [0.25, 0.3) is 10.2 Å². The zero-order valence-electron chi connectivity index (χ0n) is 20.9. The van der Waals surface area contributed by atoms with E-state index in [2.05, 4.69) is 75.5 Å². The van der Waals surface area contributed by atoms with Crippen molar-refractivity contribution in [2.75, 3.05) is 39.3 Å². The van der Waals surface area contributed by atoms with Gasteiger partial charge in [-0.1, -0.05) is 66.7 Å². The molecule has 36 heavy (non-hydrogen) atoms. The second-order valence-corrected chi connectivity index (χ2v) is 11.0. The van der Waals surface area contributed by atoms with Gasteiger partial charge in [0.25, 0.3) is 0 Å². The lowest BCUT2D eigenvalue weighted by atomic mass is 9.93. The molecule has 0 unspecified atom stereocenters. The predicted octanol–water partition coefficient (Wildman–Crippen LogP) is 6.05. The number of aryl methyl sites for hydroxylation is 3. The van der Waals surface area contributed by atoms with Crippen LogP contribution < -0.4 is 4.74 Å². The first-order valence-electron chi connectivity index (χ1n) is 13.0. The summed E-state index contributed by atoms with van der Waals surface area (Å²) in [7, 11) is 0. The van der Waals surface area contributed by atoms with Crippen molar-refractivity contribution < 1.29 is 4.74 Å². The van der Waals surface area contributed by atoms with E-state index in [1.165, 1.54) is 22.3 Å². The standard InChI is InChI=1S/C31H33N3OS/c1-23-32-28-13-8-14-29(31(28)36-23)35-22-7-6-17-33-18-20-34(21-19-33)30-26-11-4-2-9-24(26)15-16-25-10-3-5-12-27(25)30/h2-14,30H,15-22H2,1H3/b7-6-. The Morgan fingerprint density at radius 3 is 2.28 bits per heavy atom. The summed E-state index contributed by atoms with van der Waals surface area (Å²) in [6.07, 6.45) is 6.67. The summed E-state index contributed by atoms with van der Waals surface area (Å²) in [5.41, 5.74) is 7.04. The summed E-state index contributed by atoms with van der Waals surface area (Å²) in [6.45, 7) is 7.96. The molecule has 0 radical (unpaired) electrons. The van der Waals surface area contributed by atoms with Crippen LogP contribution in [0.1, 0.15) is 33.3 Å². The summed E-state index contributed by atoms with van der Waals surface area (Å²) in [4.78, 5) is 9.81. The highest BCUT2D eigenvalue weighted by molar-refractivity contribution is 7.18. The lowest BCUT2D eigenvalue weighted by molar-refractivity contribution is 0.117. The average molecular weight is 496 g/mol. The molecule has 0 spiro atoms. The molecular weight excluding hydrogens is 462 g/mol. The maximum Gasteiger partial charge on any atom is 0.139 e. The molecule has 0 saturated carbocycles. The Balaban J connectivity index is 1.06. The van der Waals surface area contributed by atoms with Crippen LogP contribution >= 0.6 is 11.3 Å². The van der Waals surface area contributed by atoms with Crippen LogP contribution in [0.2, 0.25) is 0 Å². The molecule has 4 aromatic rings. The fourth-order valence-corrected chi connectivity index (χ4v) is 6.56. The summed E-state index contributed by atoms with van der Waals surface area (Å²) >= 11 is 1.70. The quantitative estimate of drug-likeness (QED) is 0.305. The first-order valence-corrected chi connectivity index (χ1v) is 13.8. The van der Waals surface area contributed by atoms with Gasteiger partial charge in [-0.3, -0.25) is 9.80 Å². The van der Waals surface area contributed by atoms with Crippen molar-refractivity contribution in [3.63, 3.8) is 0 Å². The first kappa shape index (κ1) is 23.4. The molecule has 0 N–H and O–H groups in total. The van der Waals surface area contributed by atoms with Gasteiger partial charge >= 0.3 is 0 Å². The summed E-state index contributed by atoms with van der Waals surface area (Å²) in [5.74, 6) is 0.931. The highest BCUT2D eigenvalue weighted by Crippen LogP contribution is 2.37. The van der Waals surface area contributed by atoms with E-state index in [1.54, 1.807) is 11.3 Å². The smallest absolute Gasteiger partial charge is 0.139 e. The van der Waals surface area contributed by atoms with Gasteiger partial charge in [-0.25, -0.2) is 4.98 Å². The molecule has 0 amide bonds. The van der Waals surface area contributed by atoms with E-state index >= 15 is 0 Å². The Labute approximate surface area is 217 Å². The number of thiazole rings is 1. The zero-order chi connectivity index (χ0) is 24.3. The van der Waals surface area contributed by atoms with Crippen LogP contribution in [-0.2, 0) is 12.8 Å². The van der Waals surface area contributed by atoms with Gasteiger partial charge in [0, 0.05) is 32.7 Å². The second-order valence-electron chi connectivity index (χ2n) is 9.76. The van der Waals surface area contributed by atoms with Crippen LogP contribution in [0.15, 0.2) is 78.9 Å². The fourth-order valence-electron chi connectivity index (χ4n) is 5.67. The summed E-state index contributed by atoms with van der Waals surface area (Å²) < 4.78 is 7.19.